The predicted molar refractivity (Wildman–Crippen MR) is 164 cm³/mol. The Morgan fingerprint density at radius 2 is 1.74 bits per heavy atom. The molecule has 2 fully saturated rings. The molecule has 9 nitrogen and oxygen atoms in total. The second-order valence-corrected chi connectivity index (χ2v) is 12.4. The normalized spacial score (nSPS) is 19.3. The summed E-state index contributed by atoms with van der Waals surface area (Å²) in [5, 5.41) is 15.9. The van der Waals surface area contributed by atoms with Gasteiger partial charge < -0.3 is 15.4 Å². The number of ether oxygens (including phenoxy) is 1. The Morgan fingerprint density at radius 1 is 1.02 bits per heavy atom. The quantitative estimate of drug-likeness (QED) is 0.330. The van der Waals surface area contributed by atoms with Crippen molar-refractivity contribution in [3.8, 4) is 28.6 Å². The first-order valence-electron chi connectivity index (χ1n) is 14.6. The van der Waals surface area contributed by atoms with Gasteiger partial charge in [0, 0.05) is 49.2 Å². The van der Waals surface area contributed by atoms with Gasteiger partial charge in [-0.3, -0.25) is 4.90 Å². The van der Waals surface area contributed by atoms with E-state index in [-0.39, 0.29) is 12.1 Å². The number of rotatable bonds is 5. The average molecular weight is 564 g/mol. The lowest BCUT2D eigenvalue weighted by atomic mass is 9.80. The van der Waals surface area contributed by atoms with Crippen LogP contribution in [0.4, 0.5) is 10.6 Å². The molecule has 0 bridgehead atoms. The molecule has 0 spiro atoms. The van der Waals surface area contributed by atoms with Gasteiger partial charge in [0.05, 0.1) is 17.3 Å². The third-order valence-electron chi connectivity index (χ3n) is 8.19. The number of piperazine rings is 1. The fourth-order valence-corrected chi connectivity index (χ4v) is 5.93. The highest BCUT2D eigenvalue weighted by Crippen LogP contribution is 2.41. The molecule has 1 amide bonds. The number of hydrogen-bond acceptors (Lipinski definition) is 7. The van der Waals surface area contributed by atoms with Crippen LogP contribution in [0.1, 0.15) is 45.2 Å². The van der Waals surface area contributed by atoms with Crippen molar-refractivity contribution < 1.29 is 9.53 Å². The summed E-state index contributed by atoms with van der Waals surface area (Å²) in [4.78, 5) is 21.5. The molecule has 2 aromatic carbocycles. The highest BCUT2D eigenvalue weighted by molar-refractivity contribution is 5.87. The van der Waals surface area contributed by atoms with Crippen LogP contribution in [-0.4, -0.2) is 69.0 Å². The molecule has 216 valence electrons. The number of amides is 1. The zero-order chi connectivity index (χ0) is 29.4. The van der Waals surface area contributed by atoms with E-state index in [4.69, 9.17) is 20.6 Å². The second-order valence-electron chi connectivity index (χ2n) is 12.4. The van der Waals surface area contributed by atoms with Crippen molar-refractivity contribution in [3.63, 3.8) is 0 Å². The van der Waals surface area contributed by atoms with Gasteiger partial charge in [0.15, 0.2) is 0 Å². The standard InChI is InChI=1S/C33H37N7O2/c1-33(2,3)42-32(41)39-15-13-38(14-16-39)21-22-17-26(18-22)40-31(35)27(20-34)30(37-40)25-10-9-24-11-12-28(36-29(24)19-25)23-7-5-4-6-8-23/h4-12,19,22,26H,13-18,21,35H2,1-3H3/t22-,26+. The van der Waals surface area contributed by atoms with E-state index >= 15 is 0 Å². The molecule has 6 rings (SSSR count). The third-order valence-corrected chi connectivity index (χ3v) is 8.19. The Balaban J connectivity index is 1.12. The summed E-state index contributed by atoms with van der Waals surface area (Å²) in [5.41, 5.74) is 10.7. The number of fused-ring (bicyclic) bond motifs is 1. The van der Waals surface area contributed by atoms with Crippen LogP contribution in [0.3, 0.4) is 0 Å². The number of aromatic nitrogens is 3. The van der Waals surface area contributed by atoms with Crippen molar-refractivity contribution in [2.45, 2.75) is 45.3 Å². The summed E-state index contributed by atoms with van der Waals surface area (Å²) in [6.45, 7) is 9.71. The summed E-state index contributed by atoms with van der Waals surface area (Å²) >= 11 is 0. The Kier molecular flexibility index (Phi) is 7.33. The van der Waals surface area contributed by atoms with Gasteiger partial charge in [0.2, 0.25) is 0 Å². The van der Waals surface area contributed by atoms with E-state index in [1.165, 1.54) is 0 Å². The van der Waals surface area contributed by atoms with Gasteiger partial charge in [-0.15, -0.1) is 0 Å². The fraction of sp³-hybridized carbons (Fsp3) is 0.394. The first-order valence-corrected chi connectivity index (χ1v) is 14.6. The fourth-order valence-electron chi connectivity index (χ4n) is 5.93. The molecular weight excluding hydrogens is 526 g/mol. The number of hydrogen-bond donors (Lipinski definition) is 1. The first kappa shape index (κ1) is 27.7. The van der Waals surface area contributed by atoms with E-state index in [1.54, 1.807) is 4.90 Å². The van der Waals surface area contributed by atoms with Crippen LogP contribution in [-0.2, 0) is 4.74 Å². The highest BCUT2D eigenvalue weighted by Gasteiger charge is 2.36. The lowest BCUT2D eigenvalue weighted by Gasteiger charge is -2.41. The molecule has 0 atom stereocenters. The van der Waals surface area contributed by atoms with Gasteiger partial charge in [-0.25, -0.2) is 14.5 Å². The minimum absolute atomic E-state index is 0.169. The number of carbonyl (C=O) groups excluding carboxylic acids is 1. The highest BCUT2D eigenvalue weighted by atomic mass is 16.6. The number of benzene rings is 2. The molecular formula is C33H37N7O2. The maximum absolute atomic E-state index is 12.4. The molecule has 0 radical (unpaired) electrons. The number of carbonyl (C=O) groups is 1. The van der Waals surface area contributed by atoms with E-state index in [9.17, 15) is 10.1 Å². The van der Waals surface area contributed by atoms with Gasteiger partial charge in [0.25, 0.3) is 0 Å². The smallest absolute Gasteiger partial charge is 0.410 e. The topological polar surface area (TPSA) is 113 Å². The number of pyridine rings is 1. The molecule has 9 heteroatoms. The van der Waals surface area contributed by atoms with E-state index in [0.29, 0.717) is 36.1 Å². The van der Waals surface area contributed by atoms with Crippen LogP contribution in [0.2, 0.25) is 0 Å². The Morgan fingerprint density at radius 3 is 2.43 bits per heavy atom. The lowest BCUT2D eigenvalue weighted by Crippen LogP contribution is -2.51. The monoisotopic (exact) mass is 563 g/mol. The van der Waals surface area contributed by atoms with E-state index in [2.05, 4.69) is 17.0 Å². The lowest BCUT2D eigenvalue weighted by molar-refractivity contribution is 0.0107. The van der Waals surface area contributed by atoms with Gasteiger partial charge in [-0.05, 0) is 51.7 Å². The zero-order valence-electron chi connectivity index (χ0n) is 24.5. The van der Waals surface area contributed by atoms with Crippen LogP contribution in [0.5, 0.6) is 0 Å². The van der Waals surface area contributed by atoms with Crippen LogP contribution >= 0.6 is 0 Å². The molecule has 2 N–H and O–H groups in total. The molecule has 42 heavy (non-hydrogen) atoms. The predicted octanol–water partition coefficient (Wildman–Crippen LogP) is 5.72. The molecule has 1 aliphatic heterocycles. The molecule has 3 heterocycles. The third kappa shape index (κ3) is 5.68. The average Bonchev–Trinajstić information content (AvgIpc) is 3.29. The zero-order valence-corrected chi connectivity index (χ0v) is 24.5. The van der Waals surface area contributed by atoms with Crippen LogP contribution in [0.25, 0.3) is 33.4 Å². The Labute approximate surface area is 246 Å². The summed E-state index contributed by atoms with van der Waals surface area (Å²) in [6, 6.07) is 22.7. The summed E-state index contributed by atoms with van der Waals surface area (Å²) in [6.07, 6.45) is 1.69. The number of anilines is 1. The second kappa shape index (κ2) is 11.1. The molecule has 1 aliphatic carbocycles. The van der Waals surface area contributed by atoms with Crippen LogP contribution in [0, 0.1) is 17.2 Å². The van der Waals surface area contributed by atoms with Crippen LogP contribution < -0.4 is 5.73 Å². The molecule has 1 saturated carbocycles. The Hall–Kier alpha value is -4.42. The maximum Gasteiger partial charge on any atom is 0.410 e. The number of nitrogen functional groups attached to an aromatic ring is 1. The minimum Gasteiger partial charge on any atom is -0.444 e. The van der Waals surface area contributed by atoms with E-state index < -0.39 is 5.60 Å². The molecule has 4 aromatic rings. The first-order chi connectivity index (χ1) is 20.2. The van der Waals surface area contributed by atoms with E-state index in [0.717, 1.165) is 60.2 Å². The maximum atomic E-state index is 12.4. The van der Waals surface area contributed by atoms with Gasteiger partial charge >= 0.3 is 6.09 Å². The van der Waals surface area contributed by atoms with Crippen molar-refractivity contribution in [2.75, 3.05) is 38.5 Å². The minimum atomic E-state index is -0.480. The summed E-state index contributed by atoms with van der Waals surface area (Å²) in [7, 11) is 0. The molecule has 2 aromatic heterocycles. The molecule has 2 aliphatic rings. The van der Waals surface area contributed by atoms with Crippen LogP contribution in [0.15, 0.2) is 60.7 Å². The van der Waals surface area contributed by atoms with Crippen molar-refractivity contribution in [3.05, 3.63) is 66.2 Å². The Bertz CT molecular complexity index is 1640. The van der Waals surface area contributed by atoms with Crippen molar-refractivity contribution >= 4 is 22.8 Å². The van der Waals surface area contributed by atoms with Crippen molar-refractivity contribution in [1.82, 2.24) is 24.6 Å². The number of nitrogens with two attached hydrogens (primary N) is 1. The number of nitrogens with zero attached hydrogens (tertiary/aromatic N) is 6. The van der Waals surface area contributed by atoms with Gasteiger partial charge in [-0.1, -0.05) is 48.5 Å². The van der Waals surface area contributed by atoms with E-state index in [1.807, 2.05) is 80.1 Å². The summed E-state index contributed by atoms with van der Waals surface area (Å²) < 4.78 is 7.37. The molecule has 0 unspecified atom stereocenters. The number of nitriles is 1. The van der Waals surface area contributed by atoms with Crippen molar-refractivity contribution in [2.24, 2.45) is 5.92 Å². The van der Waals surface area contributed by atoms with Gasteiger partial charge in [-0.2, -0.15) is 10.4 Å². The van der Waals surface area contributed by atoms with Gasteiger partial charge in [0.1, 0.15) is 28.7 Å². The summed E-state index contributed by atoms with van der Waals surface area (Å²) in [5.74, 6) is 0.954. The molecule has 1 saturated heterocycles. The largest absolute Gasteiger partial charge is 0.444 e. The van der Waals surface area contributed by atoms with Crippen molar-refractivity contribution in [1.29, 1.82) is 5.26 Å². The SMILES string of the molecule is CC(C)(C)OC(=O)N1CCN(C[C@H]2C[C@@H](n3nc(-c4ccc5ccc(-c6ccccc6)nc5c4)c(C#N)c3N)C2)CC1.